The molecule has 10 nitrogen and oxygen atoms in total. The second-order valence-electron chi connectivity index (χ2n) is 9.03. The lowest BCUT2D eigenvalue weighted by molar-refractivity contribution is 0.0951. The molecule has 0 radical (unpaired) electrons. The molecule has 38 heavy (non-hydrogen) atoms. The Bertz CT molecular complexity index is 1390. The van der Waals surface area contributed by atoms with Crippen LogP contribution in [-0.2, 0) is 6.54 Å². The number of carbonyl (C=O) groups excluding carboxylic acids is 1. The van der Waals surface area contributed by atoms with Gasteiger partial charge < -0.3 is 20.4 Å². The van der Waals surface area contributed by atoms with Crippen LogP contribution in [0.5, 0.6) is 0 Å². The first-order valence-corrected chi connectivity index (χ1v) is 13.0. The highest BCUT2D eigenvalue weighted by atomic mass is 32.2. The van der Waals surface area contributed by atoms with E-state index in [1.165, 1.54) is 23.9 Å². The predicted molar refractivity (Wildman–Crippen MR) is 144 cm³/mol. The van der Waals surface area contributed by atoms with Crippen LogP contribution in [0.1, 0.15) is 21.6 Å². The second kappa shape index (κ2) is 11.6. The third kappa shape index (κ3) is 6.64. The smallest absolute Gasteiger partial charge is 0.251 e. The van der Waals surface area contributed by atoms with Gasteiger partial charge in [-0.05, 0) is 67.7 Å². The molecule has 1 aliphatic rings. The van der Waals surface area contributed by atoms with Crippen molar-refractivity contribution in [2.75, 3.05) is 43.4 Å². The molecule has 0 aliphatic carbocycles. The number of rotatable bonds is 8. The number of aromatic amines is 1. The summed E-state index contributed by atoms with van der Waals surface area (Å²) in [6, 6.07) is 15.2. The lowest BCUT2D eigenvalue weighted by Crippen LogP contribution is -2.45. The number of hydrogen-bond donors (Lipinski definition) is 3. The first-order chi connectivity index (χ1) is 18.4. The number of anilines is 3. The van der Waals surface area contributed by atoms with E-state index >= 15 is 0 Å². The van der Waals surface area contributed by atoms with Crippen LogP contribution >= 0.6 is 11.8 Å². The van der Waals surface area contributed by atoms with E-state index in [0.29, 0.717) is 35.0 Å². The molecule has 2 aromatic heterocycles. The van der Waals surface area contributed by atoms with E-state index in [9.17, 15) is 9.18 Å². The molecule has 1 saturated heterocycles. The Labute approximate surface area is 224 Å². The molecule has 0 bridgehead atoms. The summed E-state index contributed by atoms with van der Waals surface area (Å²) in [5.41, 5.74) is 2.28. The predicted octanol–water partition coefficient (Wildman–Crippen LogP) is 3.62. The third-order valence-electron chi connectivity index (χ3n) is 6.03. The molecule has 1 aliphatic heterocycles. The van der Waals surface area contributed by atoms with Crippen LogP contribution < -0.4 is 15.5 Å². The monoisotopic (exact) mass is 533 g/mol. The number of piperazine rings is 1. The van der Waals surface area contributed by atoms with E-state index in [1.807, 2.05) is 25.1 Å². The Morgan fingerprint density at radius 3 is 2.45 bits per heavy atom. The summed E-state index contributed by atoms with van der Waals surface area (Å²) >= 11 is 1.39. The molecule has 0 atom stereocenters. The lowest BCUT2D eigenvalue weighted by Gasteiger charge is -2.32. The maximum atomic E-state index is 13.1. The normalized spacial score (nSPS) is 13.9. The van der Waals surface area contributed by atoms with Gasteiger partial charge in [0.25, 0.3) is 5.91 Å². The van der Waals surface area contributed by atoms with Gasteiger partial charge in [0.1, 0.15) is 5.82 Å². The van der Waals surface area contributed by atoms with Crippen molar-refractivity contribution in [1.29, 1.82) is 0 Å². The van der Waals surface area contributed by atoms with Gasteiger partial charge in [0.15, 0.2) is 11.0 Å². The van der Waals surface area contributed by atoms with Gasteiger partial charge in [0, 0.05) is 54.9 Å². The van der Waals surface area contributed by atoms with Gasteiger partial charge in [0.2, 0.25) is 11.9 Å². The third-order valence-corrected chi connectivity index (χ3v) is 6.90. The molecule has 3 N–H and O–H groups in total. The minimum absolute atomic E-state index is 0.204. The first-order valence-electron chi connectivity index (χ1n) is 12.2. The zero-order chi connectivity index (χ0) is 26.5. The average Bonchev–Trinajstić information content (AvgIpc) is 3.33. The van der Waals surface area contributed by atoms with Crippen molar-refractivity contribution in [3.63, 3.8) is 0 Å². The minimum Gasteiger partial charge on any atom is -0.348 e. The van der Waals surface area contributed by atoms with Gasteiger partial charge >= 0.3 is 0 Å². The van der Waals surface area contributed by atoms with Crippen LogP contribution in [0.2, 0.25) is 0 Å². The van der Waals surface area contributed by atoms with Crippen LogP contribution in [0.4, 0.5) is 22.1 Å². The van der Waals surface area contributed by atoms with Gasteiger partial charge in [0.05, 0.1) is 0 Å². The lowest BCUT2D eigenvalue weighted by atomic mass is 10.2. The fraction of sp³-hybridized carbons (Fsp3) is 0.269. The fourth-order valence-corrected chi connectivity index (χ4v) is 4.60. The number of H-pyrrole nitrogens is 1. The number of nitrogens with zero attached hydrogens (tertiary/aromatic N) is 6. The Hall–Kier alpha value is -4.03. The molecule has 0 unspecified atom stereocenters. The van der Waals surface area contributed by atoms with Crippen molar-refractivity contribution >= 4 is 35.4 Å². The van der Waals surface area contributed by atoms with E-state index in [1.54, 1.807) is 24.3 Å². The van der Waals surface area contributed by atoms with Crippen LogP contribution in [0.15, 0.2) is 64.6 Å². The highest BCUT2D eigenvalue weighted by Gasteiger charge is 2.19. The molecule has 1 fully saturated rings. The summed E-state index contributed by atoms with van der Waals surface area (Å²) < 4.78 is 13.1. The van der Waals surface area contributed by atoms with Crippen molar-refractivity contribution < 1.29 is 9.18 Å². The molecule has 3 heterocycles. The van der Waals surface area contributed by atoms with E-state index < -0.39 is 0 Å². The van der Waals surface area contributed by atoms with E-state index in [-0.39, 0.29) is 11.7 Å². The molecule has 0 saturated carbocycles. The topological polar surface area (TPSA) is 115 Å². The maximum absolute atomic E-state index is 13.1. The summed E-state index contributed by atoms with van der Waals surface area (Å²) in [5.74, 6) is 1.15. The average molecular weight is 534 g/mol. The number of halogens is 1. The van der Waals surface area contributed by atoms with E-state index in [4.69, 9.17) is 4.98 Å². The zero-order valence-corrected chi connectivity index (χ0v) is 21.9. The summed E-state index contributed by atoms with van der Waals surface area (Å²) in [5, 5.41) is 13.7. The second-order valence-corrected chi connectivity index (χ2v) is 10.1. The molecule has 5 rings (SSSR count). The number of aryl methyl sites for hydroxylation is 1. The number of benzene rings is 2. The van der Waals surface area contributed by atoms with Crippen molar-refractivity contribution in [2.45, 2.75) is 23.5 Å². The van der Waals surface area contributed by atoms with Crippen molar-refractivity contribution in [1.82, 2.24) is 35.4 Å². The number of carbonyl (C=O) groups is 1. The molecule has 1 amide bonds. The number of amides is 1. The Morgan fingerprint density at radius 2 is 1.76 bits per heavy atom. The summed E-state index contributed by atoms with van der Waals surface area (Å²) in [4.78, 5) is 31.9. The van der Waals surface area contributed by atoms with Gasteiger partial charge in [-0.3, -0.25) is 9.89 Å². The summed E-state index contributed by atoms with van der Waals surface area (Å²) in [6.07, 6.45) is 0. The standard InChI is InChI=1S/C26H28FN9OS/c1-17-15-22(34-33-17)29-24-30-25(36-13-11-35(2)12-14-36)32-26(31-24)38-21-9-5-19(6-10-21)23(37)28-16-18-3-7-20(27)8-4-18/h3-10,15H,11-14,16H2,1-2H3,(H,28,37)(H2,29,30,31,32,33,34). The Balaban J connectivity index is 1.29. The van der Waals surface area contributed by atoms with E-state index in [2.05, 4.69) is 47.6 Å². The van der Waals surface area contributed by atoms with Gasteiger partial charge in [-0.25, -0.2) is 4.39 Å². The first kappa shape index (κ1) is 25.6. The Morgan fingerprint density at radius 1 is 1.03 bits per heavy atom. The zero-order valence-electron chi connectivity index (χ0n) is 21.1. The van der Waals surface area contributed by atoms with E-state index in [0.717, 1.165) is 42.3 Å². The number of aromatic nitrogens is 5. The maximum Gasteiger partial charge on any atom is 0.251 e. The largest absolute Gasteiger partial charge is 0.348 e. The van der Waals surface area contributed by atoms with Gasteiger partial charge in [-0.2, -0.15) is 20.1 Å². The summed E-state index contributed by atoms with van der Waals surface area (Å²) in [6.45, 7) is 5.76. The van der Waals surface area contributed by atoms with Crippen molar-refractivity contribution in [3.05, 3.63) is 77.2 Å². The molecular formula is C26H28FN9OS. The minimum atomic E-state index is -0.305. The van der Waals surface area contributed by atoms with Crippen molar-refractivity contribution in [3.8, 4) is 0 Å². The van der Waals surface area contributed by atoms with Crippen LogP contribution in [-0.4, -0.2) is 69.2 Å². The van der Waals surface area contributed by atoms with Crippen LogP contribution in [0.3, 0.4) is 0 Å². The number of nitrogens with one attached hydrogen (secondary N) is 3. The number of hydrogen-bond acceptors (Lipinski definition) is 9. The quantitative estimate of drug-likeness (QED) is 0.312. The highest BCUT2D eigenvalue weighted by Crippen LogP contribution is 2.28. The fourth-order valence-electron chi connectivity index (χ4n) is 3.86. The molecule has 196 valence electrons. The molecule has 12 heteroatoms. The highest BCUT2D eigenvalue weighted by molar-refractivity contribution is 7.99. The molecule has 0 spiro atoms. The SMILES string of the molecule is Cc1cc(Nc2nc(Sc3ccc(C(=O)NCc4ccc(F)cc4)cc3)nc(N3CCN(C)CC3)n2)n[nH]1. The number of likely N-dealkylation sites (N-methyl/N-ethyl adjacent to an activating group) is 1. The van der Waals surface area contributed by atoms with Crippen molar-refractivity contribution in [2.24, 2.45) is 0 Å². The molecule has 4 aromatic rings. The van der Waals surface area contributed by atoms with Crippen LogP contribution in [0.25, 0.3) is 0 Å². The molecular weight excluding hydrogens is 505 g/mol. The summed E-state index contributed by atoms with van der Waals surface area (Å²) in [7, 11) is 2.10. The van der Waals surface area contributed by atoms with Gasteiger partial charge in [-0.1, -0.05) is 12.1 Å². The van der Waals surface area contributed by atoms with Crippen LogP contribution in [0, 0.1) is 12.7 Å². The van der Waals surface area contributed by atoms with Gasteiger partial charge in [-0.15, -0.1) is 0 Å². The Kier molecular flexibility index (Phi) is 7.80. The molecule has 2 aromatic carbocycles.